The number of hydrogen-bond acceptors (Lipinski definition) is 2. The molecule has 0 saturated heterocycles. The molecular weight excluding hydrogens is 212 g/mol. The zero-order valence-corrected chi connectivity index (χ0v) is 10.3. The molecule has 94 valence electrons. The van der Waals surface area contributed by atoms with Crippen LogP contribution in [0.15, 0.2) is 30.3 Å². The smallest absolute Gasteiger partial charge is 0.0834 e. The van der Waals surface area contributed by atoms with Gasteiger partial charge in [0.15, 0.2) is 0 Å². The second kappa shape index (κ2) is 6.77. The molecule has 1 aliphatic carbocycles. The van der Waals surface area contributed by atoms with Crippen LogP contribution in [0.25, 0.3) is 0 Å². The van der Waals surface area contributed by atoms with E-state index in [0.29, 0.717) is 6.61 Å². The number of aliphatic hydroxyl groups is 1. The minimum absolute atomic E-state index is 0.0567. The molecule has 1 N–H and O–H groups in total. The van der Waals surface area contributed by atoms with Crippen molar-refractivity contribution >= 4 is 0 Å². The van der Waals surface area contributed by atoms with Gasteiger partial charge in [-0.2, -0.15) is 0 Å². The van der Waals surface area contributed by atoms with Crippen LogP contribution in [0.1, 0.15) is 37.7 Å². The predicted molar refractivity (Wildman–Crippen MR) is 69.0 cm³/mol. The molecule has 0 amide bonds. The van der Waals surface area contributed by atoms with E-state index in [1.54, 1.807) is 0 Å². The molecule has 0 heterocycles. The first-order valence-electron chi connectivity index (χ1n) is 6.70. The maximum absolute atomic E-state index is 9.92. The zero-order chi connectivity index (χ0) is 11.9. The Morgan fingerprint density at radius 3 is 2.65 bits per heavy atom. The van der Waals surface area contributed by atoms with Crippen LogP contribution >= 0.6 is 0 Å². The highest BCUT2D eigenvalue weighted by molar-refractivity contribution is 5.14. The molecule has 0 aliphatic heterocycles. The zero-order valence-electron chi connectivity index (χ0n) is 10.3. The number of aliphatic hydroxyl groups excluding tert-OH is 1. The maximum Gasteiger partial charge on any atom is 0.0834 e. The minimum atomic E-state index is -0.256. The van der Waals surface area contributed by atoms with Crippen molar-refractivity contribution in [2.24, 2.45) is 0 Å². The van der Waals surface area contributed by atoms with Gasteiger partial charge in [-0.3, -0.25) is 0 Å². The van der Waals surface area contributed by atoms with Gasteiger partial charge in [0, 0.05) is 0 Å². The van der Waals surface area contributed by atoms with Gasteiger partial charge < -0.3 is 9.84 Å². The molecule has 1 aliphatic rings. The third kappa shape index (κ3) is 4.14. The van der Waals surface area contributed by atoms with Crippen molar-refractivity contribution in [2.75, 3.05) is 6.61 Å². The number of ether oxygens (including phenoxy) is 1. The van der Waals surface area contributed by atoms with E-state index in [2.05, 4.69) is 24.3 Å². The van der Waals surface area contributed by atoms with Crippen LogP contribution in [0.5, 0.6) is 0 Å². The van der Waals surface area contributed by atoms with Crippen LogP contribution < -0.4 is 0 Å². The largest absolute Gasteiger partial charge is 0.390 e. The summed E-state index contributed by atoms with van der Waals surface area (Å²) >= 11 is 0. The SMILES string of the molecule is OC1CCCCCC1OCCc1ccccc1. The minimum Gasteiger partial charge on any atom is -0.390 e. The van der Waals surface area contributed by atoms with E-state index >= 15 is 0 Å². The molecule has 2 atom stereocenters. The fourth-order valence-electron chi connectivity index (χ4n) is 2.42. The highest BCUT2D eigenvalue weighted by Gasteiger charge is 2.21. The molecule has 2 nitrogen and oxygen atoms in total. The van der Waals surface area contributed by atoms with Gasteiger partial charge in [0.05, 0.1) is 18.8 Å². The Morgan fingerprint density at radius 1 is 1.06 bits per heavy atom. The van der Waals surface area contributed by atoms with Gasteiger partial charge >= 0.3 is 0 Å². The topological polar surface area (TPSA) is 29.5 Å². The Labute approximate surface area is 104 Å². The van der Waals surface area contributed by atoms with E-state index in [9.17, 15) is 5.11 Å². The van der Waals surface area contributed by atoms with E-state index in [1.165, 1.54) is 18.4 Å². The number of hydrogen-bond donors (Lipinski definition) is 1. The lowest BCUT2D eigenvalue weighted by atomic mass is 10.1. The Balaban J connectivity index is 1.73. The molecule has 17 heavy (non-hydrogen) atoms. The standard InChI is InChI=1S/C15H22O2/c16-14-9-5-2-6-10-15(14)17-12-11-13-7-3-1-4-8-13/h1,3-4,7-8,14-16H,2,5-6,9-12H2. The van der Waals surface area contributed by atoms with Crippen LogP contribution in [0.2, 0.25) is 0 Å². The maximum atomic E-state index is 9.92. The summed E-state index contributed by atoms with van der Waals surface area (Å²) in [5.74, 6) is 0. The summed E-state index contributed by atoms with van der Waals surface area (Å²) in [5, 5.41) is 9.92. The summed E-state index contributed by atoms with van der Waals surface area (Å²) in [6.45, 7) is 0.714. The van der Waals surface area contributed by atoms with Gasteiger partial charge in [-0.15, -0.1) is 0 Å². The lowest BCUT2D eigenvalue weighted by Gasteiger charge is -2.20. The second-order valence-corrected chi connectivity index (χ2v) is 4.85. The summed E-state index contributed by atoms with van der Waals surface area (Å²) in [6.07, 6.45) is 6.20. The Hall–Kier alpha value is -0.860. The van der Waals surface area contributed by atoms with Crippen LogP contribution in [0.4, 0.5) is 0 Å². The van der Waals surface area contributed by atoms with Crippen LogP contribution in [-0.2, 0) is 11.2 Å². The summed E-state index contributed by atoms with van der Waals surface area (Å²) in [7, 11) is 0. The third-order valence-corrected chi connectivity index (χ3v) is 3.48. The first-order chi connectivity index (χ1) is 8.36. The molecule has 0 aromatic heterocycles. The average Bonchev–Trinajstić information content (AvgIpc) is 2.56. The van der Waals surface area contributed by atoms with Gasteiger partial charge in [0.2, 0.25) is 0 Å². The van der Waals surface area contributed by atoms with E-state index < -0.39 is 0 Å². The molecule has 1 aromatic rings. The van der Waals surface area contributed by atoms with Crippen LogP contribution in [0, 0.1) is 0 Å². The highest BCUT2D eigenvalue weighted by atomic mass is 16.5. The van der Waals surface area contributed by atoms with Crippen molar-refractivity contribution in [3.05, 3.63) is 35.9 Å². The van der Waals surface area contributed by atoms with Crippen LogP contribution in [-0.4, -0.2) is 23.9 Å². The lowest BCUT2D eigenvalue weighted by molar-refractivity contribution is -0.0390. The summed E-state index contributed by atoms with van der Waals surface area (Å²) in [6, 6.07) is 10.4. The molecule has 1 saturated carbocycles. The lowest BCUT2D eigenvalue weighted by Crippen LogP contribution is -2.28. The molecule has 0 bridgehead atoms. The van der Waals surface area contributed by atoms with Crippen molar-refractivity contribution < 1.29 is 9.84 Å². The fourth-order valence-corrected chi connectivity index (χ4v) is 2.42. The monoisotopic (exact) mass is 234 g/mol. The Morgan fingerprint density at radius 2 is 1.82 bits per heavy atom. The van der Waals surface area contributed by atoms with E-state index in [4.69, 9.17) is 4.74 Å². The van der Waals surface area contributed by atoms with Crippen molar-refractivity contribution in [1.29, 1.82) is 0 Å². The summed E-state index contributed by atoms with van der Waals surface area (Å²) < 4.78 is 5.83. The predicted octanol–water partition coefficient (Wildman–Crippen LogP) is 2.94. The molecular formula is C15H22O2. The third-order valence-electron chi connectivity index (χ3n) is 3.48. The second-order valence-electron chi connectivity index (χ2n) is 4.85. The average molecular weight is 234 g/mol. The molecule has 2 heteroatoms. The van der Waals surface area contributed by atoms with Gasteiger partial charge in [-0.1, -0.05) is 49.6 Å². The fraction of sp³-hybridized carbons (Fsp3) is 0.600. The summed E-state index contributed by atoms with van der Waals surface area (Å²) in [4.78, 5) is 0. The Kier molecular flexibility index (Phi) is 5.02. The first kappa shape index (κ1) is 12.6. The molecule has 2 unspecified atom stereocenters. The molecule has 1 fully saturated rings. The van der Waals surface area contributed by atoms with Gasteiger partial charge in [0.1, 0.15) is 0 Å². The van der Waals surface area contributed by atoms with Gasteiger partial charge in [-0.25, -0.2) is 0 Å². The van der Waals surface area contributed by atoms with Crippen molar-refractivity contribution in [2.45, 2.75) is 50.7 Å². The van der Waals surface area contributed by atoms with E-state index in [-0.39, 0.29) is 12.2 Å². The molecule has 0 radical (unpaired) electrons. The highest BCUT2D eigenvalue weighted by Crippen LogP contribution is 2.20. The van der Waals surface area contributed by atoms with Crippen molar-refractivity contribution in [3.8, 4) is 0 Å². The van der Waals surface area contributed by atoms with Crippen LogP contribution in [0.3, 0.4) is 0 Å². The van der Waals surface area contributed by atoms with Crippen molar-refractivity contribution in [1.82, 2.24) is 0 Å². The quantitative estimate of drug-likeness (QED) is 0.812. The van der Waals surface area contributed by atoms with Crippen molar-refractivity contribution in [3.63, 3.8) is 0 Å². The van der Waals surface area contributed by atoms with Gasteiger partial charge in [-0.05, 0) is 24.8 Å². The summed E-state index contributed by atoms with van der Waals surface area (Å²) in [5.41, 5.74) is 1.30. The molecule has 2 rings (SSSR count). The van der Waals surface area contributed by atoms with E-state index in [0.717, 1.165) is 25.7 Å². The molecule has 0 spiro atoms. The molecule has 1 aromatic carbocycles. The first-order valence-corrected chi connectivity index (χ1v) is 6.70. The van der Waals surface area contributed by atoms with E-state index in [1.807, 2.05) is 6.07 Å². The Bertz CT molecular complexity index is 310. The normalized spacial score (nSPS) is 25.5. The number of benzene rings is 1. The number of rotatable bonds is 4. The van der Waals surface area contributed by atoms with Gasteiger partial charge in [0.25, 0.3) is 0 Å².